The Morgan fingerprint density at radius 2 is 1.79 bits per heavy atom. The molecule has 42 heavy (non-hydrogen) atoms. The van der Waals surface area contributed by atoms with Crippen molar-refractivity contribution in [2.45, 2.75) is 69.4 Å². The van der Waals surface area contributed by atoms with Crippen LogP contribution in [0, 0.1) is 0 Å². The normalized spacial score (nSPS) is 19.0. The number of alkyl halides is 6. The Hall–Kier alpha value is -3.81. The van der Waals surface area contributed by atoms with Crippen LogP contribution in [0.2, 0.25) is 0 Å². The molecule has 8 nitrogen and oxygen atoms in total. The van der Waals surface area contributed by atoms with Crippen LogP contribution in [0.3, 0.4) is 0 Å². The van der Waals surface area contributed by atoms with Gasteiger partial charge in [0.15, 0.2) is 0 Å². The molecule has 2 aromatic rings. The maximum Gasteiger partial charge on any atom is 0.430 e. The molecule has 0 aromatic heterocycles. The standard InChI is InChI=1S/C28H29F6N3O5/c1-3-5-16-14-19(26(41,27(29,30)31)28(32,33)34)7-9-20(16)35-22(38)6-4-12-37-23(39)25(2,36-24(37)40)18-8-10-21-17(15-18)11-13-42-21/h7-10,14-15,41H,3-6,11-13H2,1-2H3,(H,35,38)(H,36,40). The Morgan fingerprint density at radius 3 is 2.43 bits per heavy atom. The first-order chi connectivity index (χ1) is 19.5. The molecular formula is C28H29F6N3O5. The lowest BCUT2D eigenvalue weighted by atomic mass is 9.89. The van der Waals surface area contributed by atoms with Gasteiger partial charge in [-0.1, -0.05) is 31.5 Å². The van der Waals surface area contributed by atoms with Crippen molar-refractivity contribution in [1.82, 2.24) is 10.2 Å². The molecule has 4 amide bonds. The molecule has 4 rings (SSSR count). The Morgan fingerprint density at radius 1 is 1.10 bits per heavy atom. The third-order valence-electron chi connectivity index (χ3n) is 7.46. The van der Waals surface area contributed by atoms with E-state index in [2.05, 4.69) is 10.6 Å². The first-order valence-electron chi connectivity index (χ1n) is 13.2. The number of ether oxygens (including phenoxy) is 1. The van der Waals surface area contributed by atoms with E-state index in [1.165, 1.54) is 0 Å². The third-order valence-corrected chi connectivity index (χ3v) is 7.46. The number of hydrogen-bond donors (Lipinski definition) is 3. The number of aryl methyl sites for hydroxylation is 1. The van der Waals surface area contributed by atoms with Crippen LogP contribution in [0.25, 0.3) is 0 Å². The first kappa shape index (κ1) is 31.1. The lowest BCUT2D eigenvalue weighted by molar-refractivity contribution is -0.376. The molecule has 0 radical (unpaired) electrons. The van der Waals surface area contributed by atoms with Gasteiger partial charge in [0.25, 0.3) is 11.5 Å². The highest BCUT2D eigenvalue weighted by Crippen LogP contribution is 2.50. The van der Waals surface area contributed by atoms with Gasteiger partial charge in [0.1, 0.15) is 11.3 Å². The number of aliphatic hydroxyl groups is 1. The molecule has 2 heterocycles. The topological polar surface area (TPSA) is 108 Å². The molecule has 0 spiro atoms. The van der Waals surface area contributed by atoms with Crippen LogP contribution in [0.1, 0.15) is 55.4 Å². The number of anilines is 1. The predicted octanol–water partition coefficient (Wildman–Crippen LogP) is 5.07. The van der Waals surface area contributed by atoms with E-state index >= 15 is 0 Å². The second-order valence-corrected chi connectivity index (χ2v) is 10.4. The zero-order valence-corrected chi connectivity index (χ0v) is 22.7. The fourth-order valence-electron chi connectivity index (χ4n) is 5.11. The van der Waals surface area contributed by atoms with Crippen molar-refractivity contribution in [2.75, 3.05) is 18.5 Å². The summed E-state index contributed by atoms with van der Waals surface area (Å²) in [6, 6.07) is 6.53. The molecule has 0 saturated carbocycles. The highest BCUT2D eigenvalue weighted by atomic mass is 19.4. The second-order valence-electron chi connectivity index (χ2n) is 10.4. The smallest absolute Gasteiger partial charge is 0.430 e. The summed E-state index contributed by atoms with van der Waals surface area (Å²) in [5, 5.41) is 14.9. The van der Waals surface area contributed by atoms with Crippen molar-refractivity contribution in [2.24, 2.45) is 0 Å². The number of halogens is 6. The van der Waals surface area contributed by atoms with Gasteiger partial charge in [-0.2, -0.15) is 26.3 Å². The zero-order chi connectivity index (χ0) is 31.1. The average molecular weight is 602 g/mol. The fourth-order valence-corrected chi connectivity index (χ4v) is 5.11. The molecular weight excluding hydrogens is 572 g/mol. The van der Waals surface area contributed by atoms with E-state index in [4.69, 9.17) is 4.74 Å². The monoisotopic (exact) mass is 601 g/mol. The molecule has 2 aliphatic rings. The van der Waals surface area contributed by atoms with Crippen LogP contribution in [-0.2, 0) is 33.6 Å². The van der Waals surface area contributed by atoms with Gasteiger partial charge >= 0.3 is 18.4 Å². The summed E-state index contributed by atoms with van der Waals surface area (Å²) in [6.07, 6.45) is -11.2. The van der Waals surface area contributed by atoms with Crippen molar-refractivity contribution in [3.05, 3.63) is 58.7 Å². The minimum absolute atomic E-state index is 0.0135. The van der Waals surface area contributed by atoms with Crippen LogP contribution in [0.15, 0.2) is 36.4 Å². The van der Waals surface area contributed by atoms with E-state index < -0.39 is 46.9 Å². The Balaban J connectivity index is 1.42. The highest BCUT2D eigenvalue weighted by molar-refractivity contribution is 6.07. The van der Waals surface area contributed by atoms with Crippen LogP contribution < -0.4 is 15.4 Å². The molecule has 0 aliphatic carbocycles. The zero-order valence-electron chi connectivity index (χ0n) is 22.7. The molecule has 0 bridgehead atoms. The molecule has 2 aromatic carbocycles. The Kier molecular flexibility index (Phi) is 8.24. The van der Waals surface area contributed by atoms with Gasteiger partial charge in [-0.25, -0.2) is 4.79 Å². The van der Waals surface area contributed by atoms with Crippen LogP contribution in [0.4, 0.5) is 36.8 Å². The van der Waals surface area contributed by atoms with Crippen LogP contribution in [-0.4, -0.2) is 53.4 Å². The summed E-state index contributed by atoms with van der Waals surface area (Å²) < 4.78 is 85.5. The molecule has 3 N–H and O–H groups in total. The van der Waals surface area contributed by atoms with Gasteiger partial charge in [-0.3, -0.25) is 14.5 Å². The summed E-state index contributed by atoms with van der Waals surface area (Å²) in [6.45, 7) is 3.64. The molecule has 1 atom stereocenters. The molecule has 2 aliphatic heterocycles. The molecule has 1 saturated heterocycles. The van der Waals surface area contributed by atoms with E-state index in [-0.39, 0.29) is 37.1 Å². The SMILES string of the molecule is CCCc1cc(C(O)(C(F)(F)F)C(F)(F)F)ccc1NC(=O)CCCN1C(=O)NC(C)(c2ccc3c(c2)CCO3)C1=O. The van der Waals surface area contributed by atoms with E-state index in [9.17, 15) is 45.8 Å². The molecule has 14 heteroatoms. The van der Waals surface area contributed by atoms with Crippen molar-refractivity contribution < 1.29 is 50.6 Å². The molecule has 1 unspecified atom stereocenters. The van der Waals surface area contributed by atoms with Crippen LogP contribution in [0.5, 0.6) is 5.75 Å². The van der Waals surface area contributed by atoms with Gasteiger partial charge in [0, 0.05) is 30.6 Å². The summed E-state index contributed by atoms with van der Waals surface area (Å²) in [7, 11) is 0. The van der Waals surface area contributed by atoms with E-state index in [0.717, 1.165) is 22.3 Å². The van der Waals surface area contributed by atoms with Crippen molar-refractivity contribution in [3.8, 4) is 5.75 Å². The van der Waals surface area contributed by atoms with E-state index in [1.807, 2.05) is 0 Å². The maximum absolute atomic E-state index is 13.3. The average Bonchev–Trinajstić information content (AvgIpc) is 3.46. The number of rotatable bonds is 9. The van der Waals surface area contributed by atoms with Gasteiger partial charge in [-0.05, 0) is 54.7 Å². The lowest BCUT2D eigenvalue weighted by Crippen LogP contribution is -2.54. The Labute approximate surface area is 237 Å². The minimum atomic E-state index is -6.04. The number of fused-ring (bicyclic) bond motifs is 1. The third kappa shape index (κ3) is 5.51. The minimum Gasteiger partial charge on any atom is -0.493 e. The molecule has 1 fully saturated rings. The highest BCUT2D eigenvalue weighted by Gasteiger charge is 2.71. The largest absolute Gasteiger partial charge is 0.493 e. The predicted molar refractivity (Wildman–Crippen MR) is 138 cm³/mol. The summed E-state index contributed by atoms with van der Waals surface area (Å²) >= 11 is 0. The summed E-state index contributed by atoms with van der Waals surface area (Å²) in [4.78, 5) is 39.5. The maximum atomic E-state index is 13.3. The Bertz CT molecular complexity index is 1380. The van der Waals surface area contributed by atoms with Crippen LogP contribution >= 0.6 is 0 Å². The first-order valence-corrected chi connectivity index (χ1v) is 13.2. The number of amides is 4. The number of nitrogens with zero attached hydrogens (tertiary/aromatic N) is 1. The fraction of sp³-hybridized carbons (Fsp3) is 0.464. The van der Waals surface area contributed by atoms with E-state index in [1.54, 1.807) is 32.0 Å². The van der Waals surface area contributed by atoms with E-state index in [0.29, 0.717) is 37.1 Å². The van der Waals surface area contributed by atoms with Crippen molar-refractivity contribution >= 4 is 23.5 Å². The number of imide groups is 1. The van der Waals surface area contributed by atoms with Gasteiger partial charge in [0.2, 0.25) is 5.91 Å². The van der Waals surface area contributed by atoms with Gasteiger partial charge < -0.3 is 20.5 Å². The number of carbonyl (C=O) groups excluding carboxylic acids is 3. The number of nitrogens with one attached hydrogen (secondary N) is 2. The molecule has 228 valence electrons. The number of urea groups is 1. The summed E-state index contributed by atoms with van der Waals surface area (Å²) in [5.41, 5.74) is -6.36. The van der Waals surface area contributed by atoms with Gasteiger partial charge in [-0.15, -0.1) is 0 Å². The van der Waals surface area contributed by atoms with Crippen molar-refractivity contribution in [3.63, 3.8) is 0 Å². The number of benzene rings is 2. The van der Waals surface area contributed by atoms with Crippen molar-refractivity contribution in [1.29, 1.82) is 0 Å². The quantitative estimate of drug-likeness (QED) is 0.275. The summed E-state index contributed by atoms with van der Waals surface area (Å²) in [5.74, 6) is -0.417. The number of hydrogen-bond acceptors (Lipinski definition) is 5. The van der Waals surface area contributed by atoms with Gasteiger partial charge in [0.05, 0.1) is 6.61 Å². The lowest BCUT2D eigenvalue weighted by Gasteiger charge is -2.33. The second kappa shape index (κ2) is 11.1. The number of carbonyl (C=O) groups is 3.